The molecule has 0 aliphatic carbocycles. The molecular weight excluding hydrogens is 873 g/mol. The summed E-state index contributed by atoms with van der Waals surface area (Å²) >= 11 is 0. The molecule has 2 aromatic heterocycles. The molecule has 9 rings (SSSR count). The van der Waals surface area contributed by atoms with Crippen molar-refractivity contribution in [3.63, 3.8) is 0 Å². The summed E-state index contributed by atoms with van der Waals surface area (Å²) in [6.45, 7) is 4.29. The molecule has 0 saturated heterocycles. The second kappa shape index (κ2) is 16.6. The molecule has 0 aliphatic heterocycles. The average Bonchev–Trinajstić information content (AvgIpc) is 3.27. The molecule has 0 unspecified atom stereocenters. The predicted octanol–water partition coefficient (Wildman–Crippen LogP) is 13.0. The smallest absolute Gasteiger partial charge is 0.165 e. The molecule has 4 nitrogen and oxygen atoms in total. The van der Waals surface area contributed by atoms with E-state index in [9.17, 15) is 0 Å². The van der Waals surface area contributed by atoms with Gasteiger partial charge >= 0.3 is 0 Å². The Morgan fingerprint density at radius 2 is 0.842 bits per heavy atom. The van der Waals surface area contributed by atoms with Crippen LogP contribution in [0, 0.1) is 19.9 Å². The van der Waals surface area contributed by atoms with Gasteiger partial charge in [-0.3, -0.25) is 0 Å². The van der Waals surface area contributed by atoms with Crippen LogP contribution in [0.25, 0.3) is 89.9 Å². The molecule has 7 aromatic carbocycles. The Morgan fingerprint density at radius 3 is 1.35 bits per heavy atom. The Labute approximate surface area is 347 Å². The summed E-state index contributed by atoms with van der Waals surface area (Å²) in [4.78, 5) is 20.0. The van der Waals surface area contributed by atoms with Crippen LogP contribution in [0.5, 0.6) is 0 Å². The number of pyridine rings is 1. The van der Waals surface area contributed by atoms with Gasteiger partial charge in [0, 0.05) is 43.0 Å². The van der Waals surface area contributed by atoms with Gasteiger partial charge in [0.15, 0.2) is 17.5 Å². The molecule has 275 valence electrons. The summed E-state index contributed by atoms with van der Waals surface area (Å²) < 4.78 is 0. The number of nitrogens with zero attached hydrogens (tertiary/aromatic N) is 4. The Bertz CT molecular complexity index is 2680. The summed E-state index contributed by atoms with van der Waals surface area (Å²) in [6, 6.07) is 66.5. The Hall–Kier alpha value is -6.65. The normalized spacial score (nSPS) is 10.8. The van der Waals surface area contributed by atoms with Crippen molar-refractivity contribution in [2.45, 2.75) is 13.8 Å². The van der Waals surface area contributed by atoms with Gasteiger partial charge < -0.3 is 4.98 Å². The SMILES string of the molecule is Cc1cc(C)cc(-c2ccccc2-c2c[c-]c(-c3ccc(-c4nc(-c5cccc(-c6ccccc6)c5)nc(-c5cccc(-c6ccccc6)c5)n4)cn3)cc2)c1.[Ir]. The van der Waals surface area contributed by atoms with Gasteiger partial charge in [0.25, 0.3) is 0 Å². The first-order valence-corrected chi connectivity index (χ1v) is 18.8. The number of benzene rings is 7. The summed E-state index contributed by atoms with van der Waals surface area (Å²) in [5, 5.41) is 0. The zero-order valence-electron chi connectivity index (χ0n) is 31.5. The van der Waals surface area contributed by atoms with Crippen LogP contribution in [0.4, 0.5) is 0 Å². The van der Waals surface area contributed by atoms with Crippen molar-refractivity contribution in [2.75, 3.05) is 0 Å². The Balaban J connectivity index is 0.00000455. The number of aromatic nitrogens is 4. The van der Waals surface area contributed by atoms with Crippen molar-refractivity contribution < 1.29 is 20.1 Å². The first-order chi connectivity index (χ1) is 27.5. The number of hydrogen-bond acceptors (Lipinski definition) is 4. The molecule has 9 aromatic rings. The van der Waals surface area contributed by atoms with Crippen LogP contribution in [-0.4, -0.2) is 19.9 Å². The van der Waals surface area contributed by atoms with E-state index < -0.39 is 0 Å². The van der Waals surface area contributed by atoms with E-state index in [0.29, 0.717) is 17.5 Å². The zero-order valence-corrected chi connectivity index (χ0v) is 33.9. The predicted molar refractivity (Wildman–Crippen MR) is 229 cm³/mol. The fourth-order valence-electron chi connectivity index (χ4n) is 7.25. The van der Waals surface area contributed by atoms with Crippen LogP contribution >= 0.6 is 0 Å². The van der Waals surface area contributed by atoms with Gasteiger partial charge in [0.1, 0.15) is 0 Å². The molecule has 0 N–H and O–H groups in total. The summed E-state index contributed by atoms with van der Waals surface area (Å²) in [5.74, 6) is 1.76. The second-order valence-corrected chi connectivity index (χ2v) is 14.0. The number of aryl methyl sites for hydroxylation is 2. The standard InChI is InChI=1S/C52H37N4.Ir/c1-35-29-36(2)31-46(30-35)48-22-10-9-21-47(48)39-23-25-40(26-24-39)49-28-27-45(34-53-49)52-55-50(43-19-11-17-41(32-43)37-13-5-3-6-14-37)54-51(56-52)44-20-12-18-42(33-44)38-15-7-4-8-16-38;/h3-25,27-34H,1-2H3;/q-1;. The third-order valence-electron chi connectivity index (χ3n) is 9.97. The minimum absolute atomic E-state index is 0. The third-order valence-corrected chi connectivity index (χ3v) is 9.97. The first-order valence-electron chi connectivity index (χ1n) is 18.8. The molecule has 0 atom stereocenters. The van der Waals surface area contributed by atoms with E-state index in [-0.39, 0.29) is 20.1 Å². The molecule has 0 saturated carbocycles. The van der Waals surface area contributed by atoms with E-state index >= 15 is 0 Å². The van der Waals surface area contributed by atoms with Crippen LogP contribution < -0.4 is 0 Å². The summed E-state index contributed by atoms with van der Waals surface area (Å²) in [7, 11) is 0. The summed E-state index contributed by atoms with van der Waals surface area (Å²) in [6.07, 6.45) is 1.84. The minimum atomic E-state index is 0. The Morgan fingerprint density at radius 1 is 0.368 bits per heavy atom. The van der Waals surface area contributed by atoms with Crippen LogP contribution in [0.3, 0.4) is 0 Å². The van der Waals surface area contributed by atoms with Crippen molar-refractivity contribution in [2.24, 2.45) is 0 Å². The van der Waals surface area contributed by atoms with Crippen molar-refractivity contribution in [1.29, 1.82) is 0 Å². The molecular formula is C52H37IrN4-. The van der Waals surface area contributed by atoms with Gasteiger partial charge in [-0.25, -0.2) is 15.0 Å². The van der Waals surface area contributed by atoms with Crippen LogP contribution in [0.1, 0.15) is 11.1 Å². The quantitative estimate of drug-likeness (QED) is 0.143. The van der Waals surface area contributed by atoms with Crippen molar-refractivity contribution in [3.05, 3.63) is 205 Å². The van der Waals surface area contributed by atoms with E-state index in [2.05, 4.69) is 178 Å². The second-order valence-electron chi connectivity index (χ2n) is 14.0. The maximum atomic E-state index is 5.05. The fourth-order valence-corrected chi connectivity index (χ4v) is 7.25. The van der Waals surface area contributed by atoms with E-state index in [1.54, 1.807) is 0 Å². The van der Waals surface area contributed by atoms with Crippen LogP contribution in [-0.2, 0) is 20.1 Å². The van der Waals surface area contributed by atoms with Crippen LogP contribution in [0.2, 0.25) is 0 Å². The van der Waals surface area contributed by atoms with Gasteiger partial charge in [-0.2, -0.15) is 0 Å². The maximum absolute atomic E-state index is 5.05. The Kier molecular flexibility index (Phi) is 10.9. The van der Waals surface area contributed by atoms with Gasteiger partial charge in [0.05, 0.1) is 0 Å². The van der Waals surface area contributed by atoms with Crippen molar-refractivity contribution >= 4 is 0 Å². The van der Waals surface area contributed by atoms with Gasteiger partial charge in [-0.05, 0) is 65.1 Å². The number of rotatable bonds is 8. The molecule has 1 radical (unpaired) electrons. The average molecular weight is 910 g/mol. The number of hydrogen-bond donors (Lipinski definition) is 0. The van der Waals surface area contributed by atoms with Gasteiger partial charge in [0.2, 0.25) is 0 Å². The molecule has 57 heavy (non-hydrogen) atoms. The molecule has 0 bridgehead atoms. The molecule has 2 heterocycles. The molecule has 0 spiro atoms. The van der Waals surface area contributed by atoms with Gasteiger partial charge in [-0.15, -0.1) is 29.8 Å². The van der Waals surface area contributed by atoms with Crippen molar-refractivity contribution in [1.82, 2.24) is 19.9 Å². The molecule has 0 amide bonds. The topological polar surface area (TPSA) is 51.6 Å². The maximum Gasteiger partial charge on any atom is 0.165 e. The van der Waals surface area contributed by atoms with E-state index in [4.69, 9.17) is 19.9 Å². The molecule has 5 heteroatoms. The minimum Gasteiger partial charge on any atom is -0.304 e. The largest absolute Gasteiger partial charge is 0.304 e. The monoisotopic (exact) mass is 910 g/mol. The third kappa shape index (κ3) is 8.17. The first kappa shape index (κ1) is 37.3. The molecule has 0 aliphatic rings. The van der Waals surface area contributed by atoms with E-state index in [1.165, 1.54) is 27.8 Å². The zero-order chi connectivity index (χ0) is 37.8. The molecule has 0 fully saturated rings. The van der Waals surface area contributed by atoms with Crippen LogP contribution in [0.15, 0.2) is 188 Å². The summed E-state index contributed by atoms with van der Waals surface area (Å²) in [5.41, 5.74) is 16.0. The van der Waals surface area contributed by atoms with Gasteiger partial charge in [-0.1, -0.05) is 174 Å². The fraction of sp³-hybridized carbons (Fsp3) is 0.0385. The van der Waals surface area contributed by atoms with Crippen molar-refractivity contribution in [3.8, 4) is 89.9 Å². The van der Waals surface area contributed by atoms with E-state index in [0.717, 1.165) is 55.8 Å². The van der Waals surface area contributed by atoms with E-state index in [1.807, 2.05) is 30.5 Å².